The minimum atomic E-state index is 0.0811. The third-order valence-electron chi connectivity index (χ3n) is 3.90. The molecule has 0 aromatic carbocycles. The van der Waals surface area contributed by atoms with Crippen LogP contribution in [-0.2, 0) is 4.74 Å². The molecule has 1 aromatic rings. The number of piperidine rings is 1. The molecule has 2 saturated heterocycles. The fourth-order valence-corrected chi connectivity index (χ4v) is 2.81. The van der Waals surface area contributed by atoms with E-state index in [2.05, 4.69) is 15.5 Å². The van der Waals surface area contributed by atoms with Crippen molar-refractivity contribution in [2.75, 3.05) is 39.4 Å². The molecule has 104 valence electrons. The van der Waals surface area contributed by atoms with Crippen molar-refractivity contribution in [1.82, 2.24) is 20.4 Å². The van der Waals surface area contributed by atoms with Gasteiger partial charge in [0, 0.05) is 25.6 Å². The molecule has 0 spiro atoms. The fraction of sp³-hybridized carbons (Fsp3) is 0.692. The molecule has 0 aliphatic carbocycles. The lowest BCUT2D eigenvalue weighted by atomic mass is 9.93. The number of hydrogen-bond donors (Lipinski definition) is 2. The van der Waals surface area contributed by atoms with Crippen LogP contribution in [0.15, 0.2) is 6.20 Å². The summed E-state index contributed by atoms with van der Waals surface area (Å²) in [5.41, 5.74) is 1.72. The number of H-pyrrole nitrogens is 1. The Balaban J connectivity index is 1.76. The first-order chi connectivity index (χ1) is 9.36. The van der Waals surface area contributed by atoms with Crippen LogP contribution in [0, 0.1) is 0 Å². The Labute approximate surface area is 112 Å². The van der Waals surface area contributed by atoms with Gasteiger partial charge in [-0.2, -0.15) is 5.10 Å². The SMILES string of the molecule is O=C(c1cn[nH]c1[C@H]1CCCNC1)N1CCOCC1. The summed E-state index contributed by atoms with van der Waals surface area (Å²) in [5, 5.41) is 10.5. The van der Waals surface area contributed by atoms with Gasteiger partial charge in [0.15, 0.2) is 0 Å². The number of aromatic amines is 1. The predicted octanol–water partition coefficient (Wildman–Crippen LogP) is 0.349. The van der Waals surface area contributed by atoms with Gasteiger partial charge in [0.05, 0.1) is 30.7 Å². The number of amides is 1. The van der Waals surface area contributed by atoms with Crippen LogP contribution in [0.25, 0.3) is 0 Å². The standard InChI is InChI=1S/C13H20N4O2/c18-13(17-4-6-19-7-5-17)11-9-15-16-12(11)10-2-1-3-14-8-10/h9-10,14H,1-8H2,(H,15,16)/t10-/m0/s1. The van der Waals surface area contributed by atoms with Gasteiger partial charge < -0.3 is 15.0 Å². The molecule has 0 unspecified atom stereocenters. The highest BCUT2D eigenvalue weighted by molar-refractivity contribution is 5.95. The predicted molar refractivity (Wildman–Crippen MR) is 70.2 cm³/mol. The molecule has 19 heavy (non-hydrogen) atoms. The molecular weight excluding hydrogens is 244 g/mol. The van der Waals surface area contributed by atoms with Crippen LogP contribution in [0.1, 0.15) is 34.8 Å². The molecule has 1 atom stereocenters. The maximum Gasteiger partial charge on any atom is 0.257 e. The summed E-state index contributed by atoms with van der Waals surface area (Å²) in [6.45, 7) is 4.59. The van der Waals surface area contributed by atoms with Crippen LogP contribution in [0.2, 0.25) is 0 Å². The summed E-state index contributed by atoms with van der Waals surface area (Å²) in [6, 6.07) is 0. The summed E-state index contributed by atoms with van der Waals surface area (Å²) in [7, 11) is 0. The van der Waals surface area contributed by atoms with Crippen molar-refractivity contribution in [3.63, 3.8) is 0 Å². The van der Waals surface area contributed by atoms with E-state index in [9.17, 15) is 4.79 Å². The molecule has 0 saturated carbocycles. The molecule has 3 heterocycles. The average molecular weight is 264 g/mol. The second kappa shape index (κ2) is 5.71. The summed E-state index contributed by atoms with van der Waals surface area (Å²) in [6.07, 6.45) is 3.93. The number of nitrogens with one attached hydrogen (secondary N) is 2. The lowest BCUT2D eigenvalue weighted by molar-refractivity contribution is 0.0302. The highest BCUT2D eigenvalue weighted by Gasteiger charge is 2.26. The summed E-state index contributed by atoms with van der Waals surface area (Å²) < 4.78 is 5.29. The number of hydrogen-bond acceptors (Lipinski definition) is 4. The highest BCUT2D eigenvalue weighted by Crippen LogP contribution is 2.25. The Morgan fingerprint density at radius 2 is 2.26 bits per heavy atom. The molecule has 2 aliphatic rings. The van der Waals surface area contributed by atoms with E-state index >= 15 is 0 Å². The monoisotopic (exact) mass is 264 g/mol. The van der Waals surface area contributed by atoms with Crippen LogP contribution in [0.5, 0.6) is 0 Å². The van der Waals surface area contributed by atoms with E-state index < -0.39 is 0 Å². The van der Waals surface area contributed by atoms with Gasteiger partial charge in [0.2, 0.25) is 0 Å². The Kier molecular flexibility index (Phi) is 3.79. The Hall–Kier alpha value is -1.40. The van der Waals surface area contributed by atoms with Crippen molar-refractivity contribution < 1.29 is 9.53 Å². The molecule has 2 N–H and O–H groups in total. The van der Waals surface area contributed by atoms with Gasteiger partial charge in [-0.1, -0.05) is 0 Å². The first kappa shape index (κ1) is 12.6. The quantitative estimate of drug-likeness (QED) is 0.808. The number of rotatable bonds is 2. The van der Waals surface area contributed by atoms with Crippen molar-refractivity contribution in [1.29, 1.82) is 0 Å². The molecule has 0 bridgehead atoms. The molecule has 0 radical (unpaired) electrons. The molecule has 2 aliphatic heterocycles. The molecule has 6 nitrogen and oxygen atoms in total. The van der Waals surface area contributed by atoms with Crippen LogP contribution >= 0.6 is 0 Å². The zero-order chi connectivity index (χ0) is 13.1. The van der Waals surface area contributed by atoms with Gasteiger partial charge in [0.1, 0.15) is 0 Å². The van der Waals surface area contributed by atoms with E-state index in [1.807, 2.05) is 4.90 Å². The van der Waals surface area contributed by atoms with Crippen molar-refractivity contribution in [3.05, 3.63) is 17.5 Å². The second-order valence-corrected chi connectivity index (χ2v) is 5.15. The smallest absolute Gasteiger partial charge is 0.257 e. The van der Waals surface area contributed by atoms with Crippen LogP contribution in [0.4, 0.5) is 0 Å². The van der Waals surface area contributed by atoms with E-state index in [4.69, 9.17) is 4.74 Å². The Bertz CT molecular complexity index is 434. The Morgan fingerprint density at radius 1 is 1.42 bits per heavy atom. The maximum absolute atomic E-state index is 12.5. The van der Waals surface area contributed by atoms with Gasteiger partial charge in [-0.15, -0.1) is 0 Å². The maximum atomic E-state index is 12.5. The number of carbonyl (C=O) groups excluding carboxylic acids is 1. The van der Waals surface area contributed by atoms with Crippen LogP contribution < -0.4 is 5.32 Å². The number of carbonyl (C=O) groups is 1. The number of aromatic nitrogens is 2. The van der Waals surface area contributed by atoms with E-state index in [0.717, 1.165) is 37.2 Å². The molecule has 2 fully saturated rings. The first-order valence-corrected chi connectivity index (χ1v) is 6.97. The molecule has 3 rings (SSSR count). The van der Waals surface area contributed by atoms with Crippen LogP contribution in [-0.4, -0.2) is 60.4 Å². The number of morpholine rings is 1. The van der Waals surface area contributed by atoms with Crippen molar-refractivity contribution in [2.45, 2.75) is 18.8 Å². The molecule has 1 amide bonds. The summed E-state index contributed by atoms with van der Waals surface area (Å²) in [4.78, 5) is 14.4. The topological polar surface area (TPSA) is 70.2 Å². The minimum absolute atomic E-state index is 0.0811. The fourth-order valence-electron chi connectivity index (χ4n) is 2.81. The average Bonchev–Trinajstić information content (AvgIpc) is 2.98. The first-order valence-electron chi connectivity index (χ1n) is 6.97. The zero-order valence-corrected chi connectivity index (χ0v) is 11.0. The van der Waals surface area contributed by atoms with Gasteiger partial charge >= 0.3 is 0 Å². The zero-order valence-electron chi connectivity index (χ0n) is 11.0. The second-order valence-electron chi connectivity index (χ2n) is 5.15. The van der Waals surface area contributed by atoms with Crippen molar-refractivity contribution in [3.8, 4) is 0 Å². The van der Waals surface area contributed by atoms with E-state index in [0.29, 0.717) is 32.2 Å². The largest absolute Gasteiger partial charge is 0.378 e. The van der Waals surface area contributed by atoms with Crippen molar-refractivity contribution in [2.24, 2.45) is 0 Å². The summed E-state index contributed by atoms with van der Waals surface area (Å²) >= 11 is 0. The molecule has 6 heteroatoms. The normalized spacial score (nSPS) is 24.4. The van der Waals surface area contributed by atoms with Gasteiger partial charge in [-0.05, 0) is 19.4 Å². The van der Waals surface area contributed by atoms with Crippen molar-refractivity contribution >= 4 is 5.91 Å². The molecule has 1 aromatic heterocycles. The van der Waals surface area contributed by atoms with Gasteiger partial charge in [-0.3, -0.25) is 9.89 Å². The third kappa shape index (κ3) is 2.64. The lowest BCUT2D eigenvalue weighted by Crippen LogP contribution is -2.41. The van der Waals surface area contributed by atoms with Gasteiger partial charge in [0.25, 0.3) is 5.91 Å². The van der Waals surface area contributed by atoms with Crippen LogP contribution in [0.3, 0.4) is 0 Å². The number of nitrogens with zero attached hydrogens (tertiary/aromatic N) is 2. The van der Waals surface area contributed by atoms with E-state index in [-0.39, 0.29) is 5.91 Å². The van der Waals surface area contributed by atoms with E-state index in [1.54, 1.807) is 6.20 Å². The summed E-state index contributed by atoms with van der Waals surface area (Å²) in [5.74, 6) is 0.453. The molecular formula is C13H20N4O2. The van der Waals surface area contributed by atoms with E-state index in [1.165, 1.54) is 0 Å². The highest BCUT2D eigenvalue weighted by atomic mass is 16.5. The Morgan fingerprint density at radius 3 is 3.00 bits per heavy atom. The number of ether oxygens (including phenoxy) is 1. The lowest BCUT2D eigenvalue weighted by Gasteiger charge is -2.28. The minimum Gasteiger partial charge on any atom is -0.378 e. The third-order valence-corrected chi connectivity index (χ3v) is 3.90. The van der Waals surface area contributed by atoms with Gasteiger partial charge in [-0.25, -0.2) is 0 Å².